The van der Waals surface area contributed by atoms with Gasteiger partial charge in [0.1, 0.15) is 5.75 Å². The molecular weight excluding hydrogens is 301 g/mol. The van der Waals surface area contributed by atoms with Crippen molar-refractivity contribution < 1.29 is 4.74 Å². The first-order chi connectivity index (χ1) is 7.31. The van der Waals surface area contributed by atoms with Crippen molar-refractivity contribution in [2.24, 2.45) is 0 Å². The van der Waals surface area contributed by atoms with E-state index in [9.17, 15) is 0 Å². The zero-order valence-corrected chi connectivity index (χ0v) is 10.4. The van der Waals surface area contributed by atoms with E-state index in [4.69, 9.17) is 4.74 Å². The Morgan fingerprint density at radius 3 is 2.47 bits per heavy atom. The van der Waals surface area contributed by atoms with Gasteiger partial charge >= 0.3 is 0 Å². The van der Waals surface area contributed by atoms with Crippen LogP contribution in [0.1, 0.15) is 0 Å². The molecule has 2 rings (SSSR count). The van der Waals surface area contributed by atoms with Gasteiger partial charge in [0.2, 0.25) is 0 Å². The Kier molecular flexibility index (Phi) is 3.20. The Bertz CT molecular complexity index is 453. The summed E-state index contributed by atoms with van der Waals surface area (Å²) in [5.74, 6) is 0.878. The van der Waals surface area contributed by atoms with Crippen molar-refractivity contribution in [3.63, 3.8) is 0 Å². The van der Waals surface area contributed by atoms with E-state index in [2.05, 4.69) is 39.7 Å². The molecule has 0 unspecified atom stereocenters. The van der Waals surface area contributed by atoms with Crippen molar-refractivity contribution in [3.8, 4) is 16.9 Å². The number of halogens is 1. The fourth-order valence-corrected chi connectivity index (χ4v) is 2.03. The summed E-state index contributed by atoms with van der Waals surface area (Å²) in [5, 5.41) is 0. The summed E-state index contributed by atoms with van der Waals surface area (Å²) in [6, 6.07) is 10.0. The molecule has 0 saturated carbocycles. The van der Waals surface area contributed by atoms with Crippen molar-refractivity contribution in [2.45, 2.75) is 0 Å². The Labute approximate surface area is 102 Å². The highest BCUT2D eigenvalue weighted by atomic mass is 127. The third-order valence-electron chi connectivity index (χ3n) is 2.17. The van der Waals surface area contributed by atoms with Gasteiger partial charge in [0.25, 0.3) is 0 Å². The normalized spacial score (nSPS) is 10.0. The van der Waals surface area contributed by atoms with Crippen LogP contribution in [0.2, 0.25) is 0 Å². The number of methoxy groups -OCH3 is 1. The highest BCUT2D eigenvalue weighted by Gasteiger charge is 2.02. The second kappa shape index (κ2) is 4.61. The van der Waals surface area contributed by atoms with Crippen molar-refractivity contribution >= 4 is 22.6 Å². The van der Waals surface area contributed by atoms with Crippen LogP contribution < -0.4 is 4.74 Å². The number of hydrogen-bond acceptors (Lipinski definition) is 2. The summed E-state index contributed by atoms with van der Waals surface area (Å²) in [5.41, 5.74) is 2.39. The quantitative estimate of drug-likeness (QED) is 0.794. The molecule has 0 radical (unpaired) electrons. The first kappa shape index (κ1) is 10.4. The minimum atomic E-state index is 0.878. The number of ether oxygens (including phenoxy) is 1. The van der Waals surface area contributed by atoms with Gasteiger partial charge < -0.3 is 4.74 Å². The highest BCUT2D eigenvalue weighted by molar-refractivity contribution is 14.1. The van der Waals surface area contributed by atoms with Gasteiger partial charge in [0, 0.05) is 16.0 Å². The van der Waals surface area contributed by atoms with E-state index < -0.39 is 0 Å². The topological polar surface area (TPSA) is 22.1 Å². The van der Waals surface area contributed by atoms with Crippen LogP contribution in [0.3, 0.4) is 0 Å². The Balaban J connectivity index is 2.42. The minimum absolute atomic E-state index is 0.878. The molecule has 0 aliphatic carbocycles. The molecule has 1 aromatic heterocycles. The maximum Gasteiger partial charge on any atom is 0.118 e. The summed E-state index contributed by atoms with van der Waals surface area (Å²) in [6.45, 7) is 0. The van der Waals surface area contributed by atoms with Crippen LogP contribution >= 0.6 is 22.6 Å². The second-order valence-corrected chi connectivity index (χ2v) is 4.25. The highest BCUT2D eigenvalue weighted by Crippen LogP contribution is 2.25. The maximum absolute atomic E-state index is 5.12. The average molecular weight is 311 g/mol. The predicted molar refractivity (Wildman–Crippen MR) is 68.9 cm³/mol. The van der Waals surface area contributed by atoms with Gasteiger partial charge in [-0.1, -0.05) is 12.1 Å². The van der Waals surface area contributed by atoms with Crippen LogP contribution in [-0.4, -0.2) is 12.1 Å². The van der Waals surface area contributed by atoms with E-state index >= 15 is 0 Å². The molecule has 76 valence electrons. The van der Waals surface area contributed by atoms with Crippen molar-refractivity contribution in [2.75, 3.05) is 7.11 Å². The molecule has 2 aromatic rings. The minimum Gasteiger partial charge on any atom is -0.497 e. The number of rotatable bonds is 2. The van der Waals surface area contributed by atoms with Crippen LogP contribution in [0.15, 0.2) is 42.7 Å². The molecule has 15 heavy (non-hydrogen) atoms. The molecule has 0 spiro atoms. The third kappa shape index (κ3) is 2.28. The SMILES string of the molecule is COc1ccc(-c2ccncc2I)cc1. The van der Waals surface area contributed by atoms with Gasteiger partial charge in [0.05, 0.1) is 7.11 Å². The Morgan fingerprint density at radius 2 is 1.87 bits per heavy atom. The molecule has 1 heterocycles. The van der Waals surface area contributed by atoms with Gasteiger partial charge in [-0.25, -0.2) is 0 Å². The summed E-state index contributed by atoms with van der Waals surface area (Å²) < 4.78 is 6.27. The van der Waals surface area contributed by atoms with Crippen LogP contribution in [0, 0.1) is 3.57 Å². The van der Waals surface area contributed by atoms with E-state index in [0.717, 1.165) is 9.32 Å². The smallest absolute Gasteiger partial charge is 0.118 e. The number of aromatic nitrogens is 1. The molecular formula is C12H10INO. The van der Waals surface area contributed by atoms with Crippen LogP contribution in [0.25, 0.3) is 11.1 Å². The van der Waals surface area contributed by atoms with Crippen molar-refractivity contribution in [1.82, 2.24) is 4.98 Å². The summed E-state index contributed by atoms with van der Waals surface area (Å²) in [6.07, 6.45) is 3.67. The summed E-state index contributed by atoms with van der Waals surface area (Å²) in [4.78, 5) is 4.07. The molecule has 1 aromatic carbocycles. The number of hydrogen-bond donors (Lipinski definition) is 0. The van der Waals surface area contributed by atoms with Crippen molar-refractivity contribution in [3.05, 3.63) is 46.3 Å². The molecule has 0 saturated heterocycles. The second-order valence-electron chi connectivity index (χ2n) is 3.08. The molecule has 0 atom stereocenters. The van der Waals surface area contributed by atoms with Gasteiger partial charge in [-0.15, -0.1) is 0 Å². The van der Waals surface area contributed by atoms with E-state index in [0.29, 0.717) is 0 Å². The number of pyridine rings is 1. The lowest BCUT2D eigenvalue weighted by molar-refractivity contribution is 0.415. The van der Waals surface area contributed by atoms with Gasteiger partial charge in [-0.05, 0) is 51.9 Å². The number of nitrogens with zero attached hydrogens (tertiary/aromatic N) is 1. The Hall–Kier alpha value is -1.10. The lowest BCUT2D eigenvalue weighted by Gasteiger charge is -2.05. The van der Waals surface area contributed by atoms with E-state index in [1.807, 2.05) is 30.6 Å². The van der Waals surface area contributed by atoms with Gasteiger partial charge in [0.15, 0.2) is 0 Å². The standard InChI is InChI=1S/C12H10INO/c1-15-10-4-2-9(3-5-10)11-6-7-14-8-12(11)13/h2-8H,1H3. The molecule has 0 fully saturated rings. The average Bonchev–Trinajstić information content (AvgIpc) is 2.30. The molecule has 3 heteroatoms. The fraction of sp³-hybridized carbons (Fsp3) is 0.0833. The molecule has 0 bridgehead atoms. The summed E-state index contributed by atoms with van der Waals surface area (Å²) in [7, 11) is 1.67. The van der Waals surface area contributed by atoms with Crippen LogP contribution in [0.4, 0.5) is 0 Å². The lowest BCUT2D eigenvalue weighted by atomic mass is 10.1. The zero-order valence-electron chi connectivity index (χ0n) is 8.27. The first-order valence-corrected chi connectivity index (χ1v) is 5.63. The monoisotopic (exact) mass is 311 g/mol. The number of benzene rings is 1. The van der Waals surface area contributed by atoms with Crippen molar-refractivity contribution in [1.29, 1.82) is 0 Å². The molecule has 0 amide bonds. The fourth-order valence-electron chi connectivity index (χ4n) is 1.38. The van der Waals surface area contributed by atoms with E-state index in [-0.39, 0.29) is 0 Å². The predicted octanol–water partition coefficient (Wildman–Crippen LogP) is 3.36. The van der Waals surface area contributed by atoms with E-state index in [1.165, 1.54) is 11.1 Å². The van der Waals surface area contributed by atoms with Crippen LogP contribution in [-0.2, 0) is 0 Å². The van der Waals surface area contributed by atoms with Crippen LogP contribution in [0.5, 0.6) is 5.75 Å². The molecule has 0 aliphatic rings. The van der Waals surface area contributed by atoms with E-state index in [1.54, 1.807) is 7.11 Å². The first-order valence-electron chi connectivity index (χ1n) is 4.55. The zero-order chi connectivity index (χ0) is 10.7. The Morgan fingerprint density at radius 1 is 1.13 bits per heavy atom. The largest absolute Gasteiger partial charge is 0.497 e. The molecule has 0 N–H and O–H groups in total. The lowest BCUT2D eigenvalue weighted by Crippen LogP contribution is -1.85. The third-order valence-corrected chi connectivity index (χ3v) is 3.03. The van der Waals surface area contributed by atoms with Gasteiger partial charge in [-0.3, -0.25) is 4.98 Å². The summed E-state index contributed by atoms with van der Waals surface area (Å²) >= 11 is 2.29. The maximum atomic E-state index is 5.12. The van der Waals surface area contributed by atoms with Gasteiger partial charge in [-0.2, -0.15) is 0 Å². The molecule has 2 nitrogen and oxygen atoms in total. The molecule has 0 aliphatic heterocycles.